The van der Waals surface area contributed by atoms with Crippen LogP contribution in [0.5, 0.6) is 0 Å². The van der Waals surface area contributed by atoms with E-state index in [0.29, 0.717) is 0 Å². The van der Waals surface area contributed by atoms with Gasteiger partial charge in [0.15, 0.2) is 6.10 Å². The summed E-state index contributed by atoms with van der Waals surface area (Å²) in [4.78, 5) is 9.92. The van der Waals surface area contributed by atoms with Gasteiger partial charge in [0.05, 0.1) is 6.42 Å². The maximum absolute atomic E-state index is 11.9. The van der Waals surface area contributed by atoms with Gasteiger partial charge in [-0.2, -0.15) is 26.3 Å². The van der Waals surface area contributed by atoms with Crippen LogP contribution in [-0.2, 0) is 9.53 Å². The number of carboxylic acids is 1. The van der Waals surface area contributed by atoms with Crippen molar-refractivity contribution in [3.63, 3.8) is 0 Å². The van der Waals surface area contributed by atoms with Crippen molar-refractivity contribution < 1.29 is 41.0 Å². The van der Waals surface area contributed by atoms with Gasteiger partial charge in [-0.15, -0.1) is 0 Å². The Labute approximate surface area is 79.6 Å². The maximum atomic E-state index is 11.9. The van der Waals surface area contributed by atoms with Gasteiger partial charge in [-0.05, 0) is 0 Å². The van der Waals surface area contributed by atoms with Crippen molar-refractivity contribution in [1.29, 1.82) is 0 Å². The lowest BCUT2D eigenvalue weighted by molar-refractivity contribution is -0.256. The highest BCUT2D eigenvalue weighted by Crippen LogP contribution is 2.27. The summed E-state index contributed by atoms with van der Waals surface area (Å²) in [7, 11) is 0. The molecular weight excluding hydrogens is 234 g/mol. The summed E-state index contributed by atoms with van der Waals surface area (Å²) < 4.78 is 73.7. The molecule has 15 heavy (non-hydrogen) atoms. The zero-order valence-electron chi connectivity index (χ0n) is 7.02. The van der Waals surface area contributed by atoms with Crippen LogP contribution in [0, 0.1) is 0 Å². The Morgan fingerprint density at radius 3 is 1.93 bits per heavy atom. The van der Waals surface area contributed by atoms with Gasteiger partial charge in [-0.3, -0.25) is 4.79 Å². The smallest absolute Gasteiger partial charge is 0.415 e. The zero-order chi connectivity index (χ0) is 12.3. The Morgan fingerprint density at radius 1 is 1.20 bits per heavy atom. The van der Waals surface area contributed by atoms with E-state index in [1.54, 1.807) is 0 Å². The minimum absolute atomic E-state index is 1.56. The third-order valence-electron chi connectivity index (χ3n) is 1.17. The second-order valence-corrected chi connectivity index (χ2v) is 2.55. The summed E-state index contributed by atoms with van der Waals surface area (Å²) in [6.45, 7) is -2.13. The van der Waals surface area contributed by atoms with Crippen LogP contribution < -0.4 is 0 Å². The zero-order valence-corrected chi connectivity index (χ0v) is 7.02. The predicted octanol–water partition coefficient (Wildman–Crippen LogP) is 1.97. The molecule has 0 spiro atoms. The summed E-state index contributed by atoms with van der Waals surface area (Å²) in [6, 6.07) is 0. The van der Waals surface area contributed by atoms with Crippen molar-refractivity contribution in [2.24, 2.45) is 0 Å². The number of aliphatic carboxylic acids is 1. The molecule has 9 heteroatoms. The first-order valence-electron chi connectivity index (χ1n) is 3.49. The van der Waals surface area contributed by atoms with Gasteiger partial charge in [0.1, 0.15) is 6.61 Å². The number of carbonyl (C=O) groups is 1. The summed E-state index contributed by atoms with van der Waals surface area (Å²) in [6.07, 6.45) is -14.6. The largest absolute Gasteiger partial charge is 0.481 e. The van der Waals surface area contributed by atoms with Crippen LogP contribution in [0.4, 0.5) is 26.3 Å². The standard InChI is InChI=1S/C6H6F6O3/c7-5(8,9)2-15-3(1-4(13)14)6(10,11)12/h3H,1-2H2,(H,13,14). The number of hydrogen-bond acceptors (Lipinski definition) is 2. The second kappa shape index (κ2) is 4.69. The van der Waals surface area contributed by atoms with E-state index in [1.807, 2.05) is 0 Å². The van der Waals surface area contributed by atoms with Gasteiger partial charge in [-0.25, -0.2) is 0 Å². The van der Waals surface area contributed by atoms with Crippen LogP contribution in [0.1, 0.15) is 6.42 Å². The Balaban J connectivity index is 4.33. The number of carboxylic acid groups (broad SMARTS) is 1. The molecule has 0 rings (SSSR count). The van der Waals surface area contributed by atoms with Crippen molar-refractivity contribution in [2.45, 2.75) is 24.9 Å². The van der Waals surface area contributed by atoms with Gasteiger partial charge in [-0.1, -0.05) is 0 Å². The molecule has 0 aliphatic rings. The molecule has 1 N–H and O–H groups in total. The maximum Gasteiger partial charge on any atom is 0.415 e. The quantitative estimate of drug-likeness (QED) is 0.764. The highest BCUT2D eigenvalue weighted by atomic mass is 19.4. The second-order valence-electron chi connectivity index (χ2n) is 2.55. The van der Waals surface area contributed by atoms with E-state index in [-0.39, 0.29) is 0 Å². The topological polar surface area (TPSA) is 46.5 Å². The van der Waals surface area contributed by atoms with Crippen LogP contribution in [-0.4, -0.2) is 36.1 Å². The molecule has 0 aliphatic carbocycles. The first kappa shape index (κ1) is 14.0. The van der Waals surface area contributed by atoms with Crippen LogP contribution in [0.25, 0.3) is 0 Å². The van der Waals surface area contributed by atoms with Crippen molar-refractivity contribution in [2.75, 3.05) is 6.61 Å². The molecule has 0 saturated carbocycles. The Kier molecular flexibility index (Phi) is 4.38. The highest BCUT2D eigenvalue weighted by Gasteiger charge is 2.44. The predicted molar refractivity (Wildman–Crippen MR) is 34.1 cm³/mol. The van der Waals surface area contributed by atoms with Gasteiger partial charge < -0.3 is 9.84 Å². The third-order valence-corrected chi connectivity index (χ3v) is 1.17. The lowest BCUT2D eigenvalue weighted by Crippen LogP contribution is -2.36. The minimum atomic E-state index is -5.14. The Hall–Kier alpha value is -0.990. The van der Waals surface area contributed by atoms with Gasteiger partial charge in [0.2, 0.25) is 0 Å². The fourth-order valence-electron chi connectivity index (χ4n) is 0.623. The van der Waals surface area contributed by atoms with E-state index in [0.717, 1.165) is 0 Å². The number of hydrogen-bond donors (Lipinski definition) is 1. The molecule has 0 bridgehead atoms. The monoisotopic (exact) mass is 240 g/mol. The third kappa shape index (κ3) is 7.00. The molecule has 90 valence electrons. The van der Waals surface area contributed by atoms with E-state index in [4.69, 9.17) is 5.11 Å². The first-order valence-corrected chi connectivity index (χ1v) is 3.49. The first-order chi connectivity index (χ1) is 6.52. The van der Waals surface area contributed by atoms with E-state index in [9.17, 15) is 31.1 Å². The summed E-state index contributed by atoms with van der Waals surface area (Å²) in [5.41, 5.74) is 0. The molecule has 0 aromatic heterocycles. The van der Waals surface area contributed by atoms with Crippen molar-refractivity contribution in [3.8, 4) is 0 Å². The molecule has 0 saturated heterocycles. The van der Waals surface area contributed by atoms with Crippen LogP contribution in [0.15, 0.2) is 0 Å². The average Bonchev–Trinajstić information content (AvgIpc) is 1.93. The Morgan fingerprint density at radius 2 is 1.67 bits per heavy atom. The number of rotatable bonds is 4. The van der Waals surface area contributed by atoms with Crippen LogP contribution in [0.3, 0.4) is 0 Å². The molecular formula is C6H6F6O3. The molecule has 0 heterocycles. The van der Waals surface area contributed by atoms with Crippen LogP contribution in [0.2, 0.25) is 0 Å². The van der Waals surface area contributed by atoms with Crippen LogP contribution >= 0.6 is 0 Å². The lowest BCUT2D eigenvalue weighted by Gasteiger charge is -2.19. The summed E-state index contributed by atoms with van der Waals surface area (Å²) in [5, 5.41) is 8.02. The fraction of sp³-hybridized carbons (Fsp3) is 0.833. The van der Waals surface area contributed by atoms with E-state index < -0.39 is 37.5 Å². The molecule has 0 fully saturated rings. The highest BCUT2D eigenvalue weighted by molar-refractivity contribution is 5.67. The van der Waals surface area contributed by atoms with E-state index in [2.05, 4.69) is 4.74 Å². The van der Waals surface area contributed by atoms with Crippen molar-refractivity contribution in [1.82, 2.24) is 0 Å². The molecule has 1 atom stereocenters. The summed E-state index contributed by atoms with van der Waals surface area (Å²) >= 11 is 0. The summed E-state index contributed by atoms with van der Waals surface area (Å²) in [5.74, 6) is -1.89. The SMILES string of the molecule is O=C(O)CC(OCC(F)(F)F)C(F)(F)F. The molecule has 0 aromatic rings. The number of ether oxygens (including phenoxy) is 1. The number of halogens is 6. The normalized spacial score (nSPS) is 15.1. The van der Waals surface area contributed by atoms with Gasteiger partial charge >= 0.3 is 18.3 Å². The van der Waals surface area contributed by atoms with Crippen molar-refractivity contribution in [3.05, 3.63) is 0 Å². The molecule has 0 aliphatic heterocycles. The van der Waals surface area contributed by atoms with E-state index >= 15 is 0 Å². The Bertz CT molecular complexity index is 220. The van der Waals surface area contributed by atoms with Gasteiger partial charge in [0.25, 0.3) is 0 Å². The van der Waals surface area contributed by atoms with Gasteiger partial charge in [0, 0.05) is 0 Å². The fourth-order valence-corrected chi connectivity index (χ4v) is 0.623. The molecule has 0 aromatic carbocycles. The molecule has 0 amide bonds. The molecule has 1 unspecified atom stereocenters. The number of alkyl halides is 6. The minimum Gasteiger partial charge on any atom is -0.481 e. The molecule has 0 radical (unpaired) electrons. The lowest BCUT2D eigenvalue weighted by atomic mass is 10.2. The molecule has 3 nitrogen and oxygen atoms in total. The van der Waals surface area contributed by atoms with Crippen molar-refractivity contribution >= 4 is 5.97 Å². The van der Waals surface area contributed by atoms with E-state index in [1.165, 1.54) is 0 Å². The average molecular weight is 240 g/mol.